The molecule has 0 unspecified atom stereocenters. The van der Waals surface area contributed by atoms with Crippen molar-refractivity contribution in [3.8, 4) is 5.75 Å². The number of phenols is 1. The van der Waals surface area contributed by atoms with Gasteiger partial charge < -0.3 is 15.4 Å². The predicted molar refractivity (Wildman–Crippen MR) is 108 cm³/mol. The van der Waals surface area contributed by atoms with Crippen LogP contribution in [0.3, 0.4) is 0 Å². The van der Waals surface area contributed by atoms with Crippen LogP contribution in [0, 0.1) is 0 Å². The van der Waals surface area contributed by atoms with E-state index >= 15 is 0 Å². The van der Waals surface area contributed by atoms with Crippen LogP contribution in [-0.4, -0.2) is 16.2 Å². The molecule has 140 valence electrons. The Bertz CT molecular complexity index is 618. The highest BCUT2D eigenvalue weighted by Gasteiger charge is 2.08. The first-order valence-corrected chi connectivity index (χ1v) is 10.3. The van der Waals surface area contributed by atoms with Crippen molar-refractivity contribution >= 4 is 10.9 Å². The molecule has 0 spiro atoms. The zero-order valence-electron chi connectivity index (χ0n) is 16.0. The van der Waals surface area contributed by atoms with Gasteiger partial charge >= 0.3 is 0 Å². The lowest BCUT2D eigenvalue weighted by Crippen LogP contribution is -2.02. The van der Waals surface area contributed by atoms with Crippen molar-refractivity contribution < 1.29 is 5.11 Å². The van der Waals surface area contributed by atoms with Gasteiger partial charge in [-0.2, -0.15) is 0 Å². The van der Waals surface area contributed by atoms with Crippen molar-refractivity contribution in [3.05, 3.63) is 30.0 Å². The lowest BCUT2D eigenvalue weighted by molar-refractivity contribution is 0.476. The summed E-state index contributed by atoms with van der Waals surface area (Å²) in [6, 6.07) is 5.68. The standard InChI is InChI=1S/C22H36N2O/c1-2-3-4-5-6-7-8-9-10-11-16-24-18-19(14-15-23)21-17-20(25)12-13-22(21)24/h12-13,17-18,25H,2-11,14-16,23H2,1H3. The van der Waals surface area contributed by atoms with Crippen LogP contribution >= 0.6 is 0 Å². The number of fused-ring (bicyclic) bond motifs is 1. The normalized spacial score (nSPS) is 11.4. The molecule has 0 aliphatic heterocycles. The summed E-state index contributed by atoms with van der Waals surface area (Å²) in [6.07, 6.45) is 16.7. The summed E-state index contributed by atoms with van der Waals surface area (Å²) in [5, 5.41) is 10.9. The summed E-state index contributed by atoms with van der Waals surface area (Å²) in [4.78, 5) is 0. The van der Waals surface area contributed by atoms with Crippen molar-refractivity contribution in [2.24, 2.45) is 5.73 Å². The lowest BCUT2D eigenvalue weighted by Gasteiger charge is -2.06. The summed E-state index contributed by atoms with van der Waals surface area (Å²) < 4.78 is 2.34. The van der Waals surface area contributed by atoms with Gasteiger partial charge in [0, 0.05) is 23.6 Å². The van der Waals surface area contributed by atoms with E-state index in [1.54, 1.807) is 6.07 Å². The molecule has 3 nitrogen and oxygen atoms in total. The van der Waals surface area contributed by atoms with E-state index in [4.69, 9.17) is 5.73 Å². The molecule has 0 bridgehead atoms. The van der Waals surface area contributed by atoms with E-state index in [-0.39, 0.29) is 0 Å². The van der Waals surface area contributed by atoms with Gasteiger partial charge in [0.25, 0.3) is 0 Å². The average Bonchev–Trinajstić information content (AvgIpc) is 2.94. The van der Waals surface area contributed by atoms with Gasteiger partial charge in [0.15, 0.2) is 0 Å². The smallest absolute Gasteiger partial charge is 0.116 e. The Kier molecular flexibility index (Phi) is 8.89. The Balaban J connectivity index is 1.72. The monoisotopic (exact) mass is 344 g/mol. The van der Waals surface area contributed by atoms with Crippen LogP contribution in [0.4, 0.5) is 0 Å². The first-order chi connectivity index (χ1) is 12.3. The molecule has 3 heteroatoms. The van der Waals surface area contributed by atoms with Crippen LogP contribution in [0.2, 0.25) is 0 Å². The Morgan fingerprint density at radius 2 is 1.56 bits per heavy atom. The molecule has 0 aliphatic carbocycles. The van der Waals surface area contributed by atoms with Gasteiger partial charge in [-0.05, 0) is 43.1 Å². The largest absolute Gasteiger partial charge is 0.508 e. The fourth-order valence-electron chi connectivity index (χ4n) is 3.67. The molecule has 2 rings (SSSR count). The number of hydrogen-bond acceptors (Lipinski definition) is 2. The number of nitrogens with zero attached hydrogens (tertiary/aromatic N) is 1. The van der Waals surface area contributed by atoms with Crippen LogP contribution in [0.1, 0.15) is 76.7 Å². The van der Waals surface area contributed by atoms with E-state index in [0.29, 0.717) is 12.3 Å². The van der Waals surface area contributed by atoms with Crippen molar-refractivity contribution in [1.82, 2.24) is 4.57 Å². The second kappa shape index (κ2) is 11.2. The number of benzene rings is 1. The van der Waals surface area contributed by atoms with E-state index in [1.807, 2.05) is 12.1 Å². The van der Waals surface area contributed by atoms with E-state index in [0.717, 1.165) is 18.4 Å². The van der Waals surface area contributed by atoms with Gasteiger partial charge in [-0.15, -0.1) is 0 Å². The number of aryl methyl sites for hydroxylation is 1. The lowest BCUT2D eigenvalue weighted by atomic mass is 10.1. The second-order valence-electron chi connectivity index (χ2n) is 7.27. The fraction of sp³-hybridized carbons (Fsp3) is 0.636. The maximum atomic E-state index is 9.76. The molecule has 0 saturated carbocycles. The van der Waals surface area contributed by atoms with E-state index in [9.17, 15) is 5.11 Å². The molecule has 0 atom stereocenters. The molecule has 25 heavy (non-hydrogen) atoms. The van der Waals surface area contributed by atoms with Crippen LogP contribution in [0.15, 0.2) is 24.4 Å². The van der Waals surface area contributed by atoms with Crippen LogP contribution in [0.5, 0.6) is 5.75 Å². The Morgan fingerprint density at radius 3 is 2.20 bits per heavy atom. The molecule has 0 amide bonds. The summed E-state index contributed by atoms with van der Waals surface area (Å²) in [7, 11) is 0. The first-order valence-electron chi connectivity index (χ1n) is 10.3. The van der Waals surface area contributed by atoms with Gasteiger partial charge in [-0.3, -0.25) is 0 Å². The Labute approximate surface area is 153 Å². The number of hydrogen-bond donors (Lipinski definition) is 2. The van der Waals surface area contributed by atoms with Gasteiger partial charge in [0.1, 0.15) is 5.75 Å². The number of phenolic OH excluding ortho intramolecular Hbond substituents is 1. The van der Waals surface area contributed by atoms with Crippen LogP contribution in [-0.2, 0) is 13.0 Å². The quantitative estimate of drug-likeness (QED) is 0.453. The molecule has 3 N–H and O–H groups in total. The zero-order valence-corrected chi connectivity index (χ0v) is 16.0. The van der Waals surface area contributed by atoms with Crippen LogP contribution in [0.25, 0.3) is 10.9 Å². The second-order valence-corrected chi connectivity index (χ2v) is 7.27. The Morgan fingerprint density at radius 1 is 0.920 bits per heavy atom. The highest BCUT2D eigenvalue weighted by Crippen LogP contribution is 2.26. The summed E-state index contributed by atoms with van der Waals surface area (Å²) in [5.41, 5.74) is 8.20. The third-order valence-corrected chi connectivity index (χ3v) is 5.11. The highest BCUT2D eigenvalue weighted by molar-refractivity contribution is 5.85. The molecule has 1 aromatic carbocycles. The number of nitrogens with two attached hydrogens (primary N) is 1. The molecule has 0 aliphatic rings. The van der Waals surface area contributed by atoms with E-state index in [1.165, 1.54) is 75.3 Å². The van der Waals surface area contributed by atoms with Gasteiger partial charge in [0.2, 0.25) is 0 Å². The van der Waals surface area contributed by atoms with Crippen LogP contribution < -0.4 is 5.73 Å². The van der Waals surface area contributed by atoms with Crippen molar-refractivity contribution in [2.75, 3.05) is 6.54 Å². The molecule has 0 saturated heterocycles. The number of aromatic hydroxyl groups is 1. The molecule has 0 fully saturated rings. The zero-order chi connectivity index (χ0) is 17.9. The maximum Gasteiger partial charge on any atom is 0.116 e. The average molecular weight is 345 g/mol. The summed E-state index contributed by atoms with van der Waals surface area (Å²) in [6.45, 7) is 3.98. The topological polar surface area (TPSA) is 51.2 Å². The van der Waals surface area contributed by atoms with Gasteiger partial charge in [0.05, 0.1) is 0 Å². The van der Waals surface area contributed by atoms with Crippen molar-refractivity contribution in [2.45, 2.75) is 84.1 Å². The molecule has 0 radical (unpaired) electrons. The molecule has 1 heterocycles. The number of rotatable bonds is 13. The summed E-state index contributed by atoms with van der Waals surface area (Å²) >= 11 is 0. The molecular formula is C22H36N2O. The summed E-state index contributed by atoms with van der Waals surface area (Å²) in [5.74, 6) is 0.336. The third-order valence-electron chi connectivity index (χ3n) is 5.11. The highest BCUT2D eigenvalue weighted by atomic mass is 16.3. The van der Waals surface area contributed by atoms with Crippen molar-refractivity contribution in [3.63, 3.8) is 0 Å². The molecule has 1 aromatic heterocycles. The molecule has 2 aromatic rings. The van der Waals surface area contributed by atoms with E-state index in [2.05, 4.69) is 17.7 Å². The fourth-order valence-corrected chi connectivity index (χ4v) is 3.67. The van der Waals surface area contributed by atoms with Gasteiger partial charge in [-0.25, -0.2) is 0 Å². The molecular weight excluding hydrogens is 308 g/mol. The predicted octanol–water partition coefficient (Wildman–Crippen LogP) is 5.77. The minimum atomic E-state index is 0.336. The van der Waals surface area contributed by atoms with E-state index < -0.39 is 0 Å². The number of unbranched alkanes of at least 4 members (excludes halogenated alkanes) is 9. The number of aromatic nitrogens is 1. The minimum Gasteiger partial charge on any atom is -0.508 e. The SMILES string of the molecule is CCCCCCCCCCCCn1cc(CCN)c2cc(O)ccc21. The first kappa shape index (κ1) is 19.8. The minimum absolute atomic E-state index is 0.336. The van der Waals surface area contributed by atoms with Gasteiger partial charge in [-0.1, -0.05) is 64.7 Å². The van der Waals surface area contributed by atoms with Crippen molar-refractivity contribution in [1.29, 1.82) is 0 Å². The Hall–Kier alpha value is -1.48. The third kappa shape index (κ3) is 6.39. The maximum absolute atomic E-state index is 9.76.